The third-order valence-electron chi connectivity index (χ3n) is 3.47. The van der Waals surface area contributed by atoms with Crippen molar-refractivity contribution >= 4 is 23.5 Å². The van der Waals surface area contributed by atoms with Gasteiger partial charge in [0.1, 0.15) is 5.15 Å². The lowest BCUT2D eigenvalue weighted by atomic mass is 9.82. The molecule has 0 aromatic carbocycles. The van der Waals surface area contributed by atoms with Crippen molar-refractivity contribution in [3.05, 3.63) is 29.0 Å². The number of likely N-dealkylation sites (tertiary alicyclic amines) is 1. The van der Waals surface area contributed by atoms with Crippen LogP contribution < -0.4 is 0 Å². The Morgan fingerprint density at radius 1 is 1.47 bits per heavy atom. The summed E-state index contributed by atoms with van der Waals surface area (Å²) < 4.78 is 0. The number of halogens is 1. The number of carboxylic acids is 1. The minimum atomic E-state index is -0.867. The fourth-order valence-corrected chi connectivity index (χ4v) is 2.38. The zero-order valence-corrected chi connectivity index (χ0v) is 11.4. The number of piperidine rings is 1. The highest BCUT2D eigenvalue weighted by atomic mass is 35.5. The molecule has 1 aliphatic heterocycles. The van der Waals surface area contributed by atoms with Crippen LogP contribution in [0.15, 0.2) is 18.3 Å². The van der Waals surface area contributed by atoms with Gasteiger partial charge in [0.05, 0.1) is 11.0 Å². The summed E-state index contributed by atoms with van der Waals surface area (Å²) in [4.78, 5) is 29.0. The third-order valence-corrected chi connectivity index (χ3v) is 3.70. The van der Waals surface area contributed by atoms with E-state index in [4.69, 9.17) is 11.6 Å². The fraction of sp³-hybridized carbons (Fsp3) is 0.462. The zero-order chi connectivity index (χ0) is 14.0. The molecule has 0 bridgehead atoms. The Bertz CT molecular complexity index is 503. The summed E-state index contributed by atoms with van der Waals surface area (Å²) in [5, 5.41) is 9.56. The first-order valence-electron chi connectivity index (χ1n) is 6.07. The average Bonchev–Trinajstić information content (AvgIpc) is 2.39. The van der Waals surface area contributed by atoms with E-state index in [2.05, 4.69) is 4.98 Å². The molecule has 19 heavy (non-hydrogen) atoms. The molecule has 1 amide bonds. The second-order valence-electron chi connectivity index (χ2n) is 5.07. The van der Waals surface area contributed by atoms with Crippen molar-refractivity contribution in [2.45, 2.75) is 19.8 Å². The van der Waals surface area contributed by atoms with Crippen molar-refractivity contribution in [3.8, 4) is 0 Å². The van der Waals surface area contributed by atoms with Gasteiger partial charge in [-0.25, -0.2) is 4.98 Å². The normalized spacial score (nSPS) is 23.2. The summed E-state index contributed by atoms with van der Waals surface area (Å²) in [6, 6.07) is 3.15. The van der Waals surface area contributed by atoms with Gasteiger partial charge in [0.2, 0.25) is 0 Å². The Kier molecular flexibility index (Phi) is 3.75. The van der Waals surface area contributed by atoms with Crippen LogP contribution in [0, 0.1) is 5.41 Å². The number of pyridine rings is 1. The first-order valence-corrected chi connectivity index (χ1v) is 6.44. The van der Waals surface area contributed by atoms with Crippen LogP contribution in [0.3, 0.4) is 0 Å². The molecule has 5 nitrogen and oxygen atoms in total. The van der Waals surface area contributed by atoms with E-state index in [1.165, 1.54) is 6.20 Å². The lowest BCUT2D eigenvalue weighted by molar-refractivity contribution is -0.150. The monoisotopic (exact) mass is 282 g/mol. The quantitative estimate of drug-likeness (QED) is 0.843. The molecule has 1 aromatic heterocycles. The highest BCUT2D eigenvalue weighted by Gasteiger charge is 2.39. The summed E-state index contributed by atoms with van der Waals surface area (Å²) in [5.74, 6) is -1.06. The summed E-state index contributed by atoms with van der Waals surface area (Å²) >= 11 is 5.68. The van der Waals surface area contributed by atoms with Gasteiger partial charge in [0, 0.05) is 19.3 Å². The Hall–Kier alpha value is -1.62. The Labute approximate surface area is 116 Å². The molecule has 1 atom stereocenters. The molecule has 0 saturated carbocycles. The number of hydrogen-bond donors (Lipinski definition) is 1. The van der Waals surface area contributed by atoms with E-state index in [1.807, 2.05) is 0 Å². The lowest BCUT2D eigenvalue weighted by Gasteiger charge is -2.37. The Morgan fingerprint density at radius 2 is 2.21 bits per heavy atom. The zero-order valence-electron chi connectivity index (χ0n) is 10.6. The van der Waals surface area contributed by atoms with Gasteiger partial charge in [-0.15, -0.1) is 0 Å². The molecule has 0 radical (unpaired) electrons. The van der Waals surface area contributed by atoms with Gasteiger partial charge >= 0.3 is 5.97 Å². The number of aliphatic carboxylic acids is 1. The minimum absolute atomic E-state index is 0.198. The molecule has 1 fully saturated rings. The number of rotatable bonds is 2. The highest BCUT2D eigenvalue weighted by Crippen LogP contribution is 2.30. The van der Waals surface area contributed by atoms with Crippen LogP contribution in [0.2, 0.25) is 5.15 Å². The summed E-state index contributed by atoms with van der Waals surface area (Å²) in [5.41, 5.74) is -0.438. The van der Waals surface area contributed by atoms with Crippen molar-refractivity contribution in [1.29, 1.82) is 0 Å². The van der Waals surface area contributed by atoms with Gasteiger partial charge in [0.25, 0.3) is 5.91 Å². The smallest absolute Gasteiger partial charge is 0.311 e. The first-order chi connectivity index (χ1) is 8.92. The third kappa shape index (κ3) is 2.87. The Morgan fingerprint density at radius 3 is 2.79 bits per heavy atom. The number of carboxylic acid groups (broad SMARTS) is 1. The summed E-state index contributed by atoms with van der Waals surface area (Å²) in [6.07, 6.45) is 2.69. The molecule has 6 heteroatoms. The van der Waals surface area contributed by atoms with E-state index in [1.54, 1.807) is 24.0 Å². The molecule has 1 saturated heterocycles. The van der Waals surface area contributed by atoms with E-state index in [-0.39, 0.29) is 12.5 Å². The van der Waals surface area contributed by atoms with Gasteiger partial charge in [-0.1, -0.05) is 11.6 Å². The van der Waals surface area contributed by atoms with E-state index in [0.717, 1.165) is 0 Å². The number of carbonyl (C=O) groups is 2. The van der Waals surface area contributed by atoms with Crippen LogP contribution in [-0.2, 0) is 4.79 Å². The standard InChI is InChI=1S/C13H15ClN2O3/c1-13(12(18)19)5-2-6-16(8-13)11(17)9-3-4-10(14)15-7-9/h3-4,7H,2,5-6,8H2,1H3,(H,18,19). The minimum Gasteiger partial charge on any atom is -0.481 e. The molecule has 1 aromatic rings. The van der Waals surface area contributed by atoms with Crippen LogP contribution in [0.25, 0.3) is 0 Å². The molecule has 1 unspecified atom stereocenters. The number of aromatic nitrogens is 1. The maximum absolute atomic E-state index is 12.3. The van der Waals surface area contributed by atoms with Crippen LogP contribution in [0.1, 0.15) is 30.1 Å². The van der Waals surface area contributed by atoms with Crippen LogP contribution in [-0.4, -0.2) is 40.0 Å². The predicted molar refractivity (Wildman–Crippen MR) is 70.1 cm³/mol. The molecule has 1 N–H and O–H groups in total. The molecular weight excluding hydrogens is 268 g/mol. The van der Waals surface area contributed by atoms with Crippen molar-refractivity contribution in [1.82, 2.24) is 9.88 Å². The highest BCUT2D eigenvalue weighted by molar-refractivity contribution is 6.29. The topological polar surface area (TPSA) is 70.5 Å². The van der Waals surface area contributed by atoms with Crippen LogP contribution in [0.4, 0.5) is 0 Å². The van der Waals surface area contributed by atoms with Crippen LogP contribution in [0.5, 0.6) is 0 Å². The van der Waals surface area contributed by atoms with E-state index >= 15 is 0 Å². The van der Waals surface area contributed by atoms with Gasteiger partial charge < -0.3 is 10.0 Å². The SMILES string of the molecule is CC1(C(=O)O)CCCN(C(=O)c2ccc(Cl)nc2)C1. The predicted octanol–water partition coefficient (Wildman–Crippen LogP) is 2.06. The maximum atomic E-state index is 12.3. The molecule has 102 valence electrons. The van der Waals surface area contributed by atoms with Crippen molar-refractivity contribution in [2.24, 2.45) is 5.41 Å². The second-order valence-corrected chi connectivity index (χ2v) is 5.45. The molecule has 2 heterocycles. The van der Waals surface area contributed by atoms with Crippen molar-refractivity contribution in [3.63, 3.8) is 0 Å². The maximum Gasteiger partial charge on any atom is 0.311 e. The van der Waals surface area contributed by atoms with E-state index in [0.29, 0.717) is 30.1 Å². The number of carbonyl (C=O) groups excluding carboxylic acids is 1. The number of hydrogen-bond acceptors (Lipinski definition) is 3. The molecule has 0 aliphatic carbocycles. The van der Waals surface area contributed by atoms with Crippen molar-refractivity contribution in [2.75, 3.05) is 13.1 Å². The van der Waals surface area contributed by atoms with Crippen LogP contribution >= 0.6 is 11.6 Å². The van der Waals surface area contributed by atoms with Gasteiger partial charge in [-0.2, -0.15) is 0 Å². The Balaban J connectivity index is 2.15. The second kappa shape index (κ2) is 5.17. The molecular formula is C13H15ClN2O3. The fourth-order valence-electron chi connectivity index (χ4n) is 2.27. The average molecular weight is 283 g/mol. The number of nitrogens with zero attached hydrogens (tertiary/aromatic N) is 2. The number of amides is 1. The van der Waals surface area contributed by atoms with E-state index in [9.17, 15) is 14.7 Å². The van der Waals surface area contributed by atoms with Gasteiger partial charge in [-0.05, 0) is 31.9 Å². The lowest BCUT2D eigenvalue weighted by Crippen LogP contribution is -2.48. The molecule has 0 spiro atoms. The summed E-state index contributed by atoms with van der Waals surface area (Å²) in [6.45, 7) is 2.48. The van der Waals surface area contributed by atoms with Gasteiger partial charge in [0.15, 0.2) is 0 Å². The van der Waals surface area contributed by atoms with Gasteiger partial charge in [-0.3, -0.25) is 9.59 Å². The first kappa shape index (κ1) is 13.8. The molecule has 2 rings (SSSR count). The largest absolute Gasteiger partial charge is 0.481 e. The summed E-state index contributed by atoms with van der Waals surface area (Å²) in [7, 11) is 0. The van der Waals surface area contributed by atoms with Crippen molar-refractivity contribution < 1.29 is 14.7 Å². The molecule has 1 aliphatic rings. The van der Waals surface area contributed by atoms with E-state index < -0.39 is 11.4 Å².